The summed E-state index contributed by atoms with van der Waals surface area (Å²) in [5, 5.41) is 6.58. The first-order valence-corrected chi connectivity index (χ1v) is 9.09. The average molecular weight is 344 g/mol. The van der Waals surface area contributed by atoms with Gasteiger partial charge in [-0.2, -0.15) is 5.10 Å². The number of nitrogens with one attached hydrogen (secondary N) is 1. The maximum atomic E-state index is 12.3. The molecule has 4 rings (SSSR count). The topological polar surface area (TPSA) is 71.1 Å². The second kappa shape index (κ2) is 6.22. The molecule has 2 aliphatic rings. The fourth-order valence-electron chi connectivity index (χ4n) is 3.35. The number of carbonyl (C=O) groups is 1. The van der Waals surface area contributed by atoms with Gasteiger partial charge in [0.2, 0.25) is 0 Å². The third-order valence-electron chi connectivity index (χ3n) is 4.56. The number of aromatic amines is 1. The molecule has 1 amide bonds. The van der Waals surface area contributed by atoms with Crippen LogP contribution in [0.1, 0.15) is 28.3 Å². The van der Waals surface area contributed by atoms with Gasteiger partial charge in [-0.1, -0.05) is 6.07 Å². The van der Waals surface area contributed by atoms with Gasteiger partial charge >= 0.3 is 0 Å². The van der Waals surface area contributed by atoms with Crippen molar-refractivity contribution in [1.29, 1.82) is 0 Å². The van der Waals surface area contributed by atoms with Crippen LogP contribution in [0.25, 0.3) is 0 Å². The maximum absolute atomic E-state index is 12.3. The molecule has 0 aliphatic carbocycles. The Balaban J connectivity index is 1.28. The number of likely N-dealkylation sites (tertiary alicyclic amines) is 1. The summed E-state index contributed by atoms with van der Waals surface area (Å²) in [5.74, 6) is 1.02. The number of aryl methyl sites for hydroxylation is 1. The van der Waals surface area contributed by atoms with Crippen LogP contribution in [0.3, 0.4) is 0 Å². The monoisotopic (exact) mass is 344 g/mol. The van der Waals surface area contributed by atoms with Gasteiger partial charge < -0.3 is 9.64 Å². The largest absolute Gasteiger partial charge is 0.371 e. The lowest BCUT2D eigenvalue weighted by Crippen LogP contribution is -2.60. The fraction of sp³-hybridized carbons (Fsp3) is 0.471. The Labute approximate surface area is 145 Å². The predicted octanol–water partition coefficient (Wildman–Crippen LogP) is 2.03. The summed E-state index contributed by atoms with van der Waals surface area (Å²) in [5.41, 5.74) is 2.55. The zero-order chi connectivity index (χ0) is 16.6. The Morgan fingerprint density at radius 1 is 1.46 bits per heavy atom. The molecular formula is C17H20N4O2S. The second-order valence-electron chi connectivity index (χ2n) is 6.53. The van der Waals surface area contributed by atoms with Crippen LogP contribution in [-0.2, 0) is 11.3 Å². The summed E-state index contributed by atoms with van der Waals surface area (Å²) in [6.07, 6.45) is 2.84. The molecule has 0 aromatic carbocycles. The van der Waals surface area contributed by atoms with Crippen LogP contribution in [0.2, 0.25) is 0 Å². The van der Waals surface area contributed by atoms with E-state index in [1.165, 1.54) is 0 Å². The van der Waals surface area contributed by atoms with Crippen LogP contribution in [0.15, 0.2) is 30.5 Å². The minimum atomic E-state index is 0.0343. The number of hydrogen-bond acceptors (Lipinski definition) is 5. The van der Waals surface area contributed by atoms with Crippen LogP contribution in [0.4, 0.5) is 0 Å². The lowest BCUT2D eigenvalue weighted by atomic mass is 9.92. The number of rotatable bonds is 4. The SMILES string of the molecule is Cc1cccc(CO[C@@H]2CSC3(C2)CN(C(=O)c2ccn[nH]2)C3)n1. The summed E-state index contributed by atoms with van der Waals surface area (Å²) < 4.78 is 6.21. The van der Waals surface area contributed by atoms with E-state index in [2.05, 4.69) is 15.2 Å². The van der Waals surface area contributed by atoms with Crippen molar-refractivity contribution in [2.24, 2.45) is 0 Å². The first-order valence-electron chi connectivity index (χ1n) is 8.10. The van der Waals surface area contributed by atoms with Gasteiger partial charge in [0.05, 0.1) is 23.2 Å². The lowest BCUT2D eigenvalue weighted by Gasteiger charge is -2.47. The van der Waals surface area contributed by atoms with Crippen molar-refractivity contribution in [1.82, 2.24) is 20.1 Å². The van der Waals surface area contributed by atoms with Crippen molar-refractivity contribution in [2.75, 3.05) is 18.8 Å². The van der Waals surface area contributed by atoms with E-state index in [9.17, 15) is 4.79 Å². The minimum absolute atomic E-state index is 0.0343. The van der Waals surface area contributed by atoms with Crippen LogP contribution in [0, 0.1) is 6.92 Å². The highest BCUT2D eigenvalue weighted by Gasteiger charge is 2.51. The molecule has 1 atom stereocenters. The minimum Gasteiger partial charge on any atom is -0.371 e. The summed E-state index contributed by atoms with van der Waals surface area (Å²) in [6, 6.07) is 7.72. The van der Waals surface area contributed by atoms with Gasteiger partial charge in [0.15, 0.2) is 0 Å². The van der Waals surface area contributed by atoms with Gasteiger partial charge in [-0.3, -0.25) is 14.9 Å². The lowest BCUT2D eigenvalue weighted by molar-refractivity contribution is 0.0242. The highest BCUT2D eigenvalue weighted by atomic mass is 32.2. The number of nitrogens with zero attached hydrogens (tertiary/aromatic N) is 3. The van der Waals surface area contributed by atoms with Crippen molar-refractivity contribution in [3.05, 3.63) is 47.5 Å². The molecule has 0 unspecified atom stereocenters. The highest BCUT2D eigenvalue weighted by Crippen LogP contribution is 2.46. The number of aromatic nitrogens is 3. The van der Waals surface area contributed by atoms with Crippen molar-refractivity contribution < 1.29 is 9.53 Å². The van der Waals surface area contributed by atoms with Gasteiger partial charge in [0.1, 0.15) is 5.69 Å². The van der Waals surface area contributed by atoms with E-state index in [4.69, 9.17) is 4.74 Å². The average Bonchev–Trinajstić information content (AvgIpc) is 3.21. The Hall–Kier alpha value is -1.86. The Morgan fingerprint density at radius 3 is 3.08 bits per heavy atom. The fourth-order valence-corrected chi connectivity index (χ4v) is 4.90. The molecule has 6 nitrogen and oxygen atoms in total. The molecule has 24 heavy (non-hydrogen) atoms. The molecule has 0 saturated carbocycles. The predicted molar refractivity (Wildman–Crippen MR) is 91.8 cm³/mol. The van der Waals surface area contributed by atoms with Gasteiger partial charge in [-0.15, -0.1) is 11.8 Å². The van der Waals surface area contributed by atoms with E-state index in [0.717, 1.165) is 36.7 Å². The number of hydrogen-bond donors (Lipinski definition) is 1. The number of ether oxygens (including phenoxy) is 1. The molecule has 2 saturated heterocycles. The quantitative estimate of drug-likeness (QED) is 0.919. The molecule has 2 aromatic heterocycles. The molecule has 7 heteroatoms. The Morgan fingerprint density at radius 2 is 2.33 bits per heavy atom. The van der Waals surface area contributed by atoms with Crippen molar-refractivity contribution in [3.63, 3.8) is 0 Å². The normalized spacial score (nSPS) is 21.9. The van der Waals surface area contributed by atoms with E-state index in [1.54, 1.807) is 12.3 Å². The van der Waals surface area contributed by atoms with E-state index in [1.807, 2.05) is 41.8 Å². The van der Waals surface area contributed by atoms with Crippen molar-refractivity contribution >= 4 is 17.7 Å². The molecule has 2 aliphatic heterocycles. The molecule has 1 N–H and O–H groups in total. The van der Waals surface area contributed by atoms with Gasteiger partial charge in [-0.25, -0.2) is 0 Å². The van der Waals surface area contributed by atoms with Crippen LogP contribution < -0.4 is 0 Å². The van der Waals surface area contributed by atoms with Crippen LogP contribution in [0.5, 0.6) is 0 Å². The molecule has 0 radical (unpaired) electrons. The molecular weight excluding hydrogens is 324 g/mol. The third-order valence-corrected chi connectivity index (χ3v) is 6.14. The van der Waals surface area contributed by atoms with Gasteiger partial charge in [0, 0.05) is 30.7 Å². The highest BCUT2D eigenvalue weighted by molar-refractivity contribution is 8.01. The maximum Gasteiger partial charge on any atom is 0.271 e. The molecule has 1 spiro atoms. The number of thioether (sulfide) groups is 1. The summed E-state index contributed by atoms with van der Waals surface area (Å²) in [7, 11) is 0. The smallest absolute Gasteiger partial charge is 0.271 e. The third kappa shape index (κ3) is 3.06. The number of carbonyl (C=O) groups excluding carboxylic acids is 1. The molecule has 4 heterocycles. The first kappa shape index (κ1) is 15.7. The van der Waals surface area contributed by atoms with Crippen LogP contribution in [-0.4, -0.2) is 55.7 Å². The van der Waals surface area contributed by atoms with E-state index in [-0.39, 0.29) is 16.8 Å². The summed E-state index contributed by atoms with van der Waals surface area (Å²) >= 11 is 1.93. The summed E-state index contributed by atoms with van der Waals surface area (Å²) in [4.78, 5) is 18.6. The summed E-state index contributed by atoms with van der Waals surface area (Å²) in [6.45, 7) is 4.12. The first-order chi connectivity index (χ1) is 11.6. The number of amides is 1. The van der Waals surface area contributed by atoms with Crippen LogP contribution >= 0.6 is 11.8 Å². The number of H-pyrrole nitrogens is 1. The molecule has 2 fully saturated rings. The van der Waals surface area contributed by atoms with Crippen molar-refractivity contribution in [2.45, 2.75) is 30.8 Å². The van der Waals surface area contributed by atoms with E-state index >= 15 is 0 Å². The zero-order valence-corrected chi connectivity index (χ0v) is 14.4. The Kier molecular flexibility index (Phi) is 4.05. The molecule has 126 valence electrons. The standard InChI is InChI=1S/C17H20N4O2S/c1-12-3-2-4-13(19-12)8-23-14-7-17(24-9-14)10-21(11-17)16(22)15-5-6-18-20-15/h2-6,14H,7-11H2,1H3,(H,18,20)/t14-/m0/s1. The molecule has 2 aromatic rings. The van der Waals surface area contributed by atoms with E-state index < -0.39 is 0 Å². The van der Waals surface area contributed by atoms with Gasteiger partial charge in [-0.05, 0) is 31.5 Å². The van der Waals surface area contributed by atoms with E-state index in [0.29, 0.717) is 12.3 Å². The second-order valence-corrected chi connectivity index (χ2v) is 8.02. The molecule has 0 bridgehead atoms. The zero-order valence-electron chi connectivity index (χ0n) is 13.6. The Bertz CT molecular complexity index is 728. The van der Waals surface area contributed by atoms with Crippen molar-refractivity contribution in [3.8, 4) is 0 Å². The number of pyridine rings is 1. The van der Waals surface area contributed by atoms with Gasteiger partial charge in [0.25, 0.3) is 5.91 Å².